The number of amides is 2. The number of aliphatic carboxylic acids is 1. The van der Waals surface area contributed by atoms with Crippen molar-refractivity contribution in [2.45, 2.75) is 57.5 Å². The molecule has 2 aromatic rings. The fourth-order valence-electron chi connectivity index (χ4n) is 5.25. The number of hydrogen-bond donors (Lipinski definition) is 3. The molecule has 2 amide bonds. The van der Waals surface area contributed by atoms with E-state index in [2.05, 4.69) is 34.9 Å². The zero-order valence-electron chi connectivity index (χ0n) is 19.6. The predicted molar refractivity (Wildman–Crippen MR) is 128 cm³/mol. The summed E-state index contributed by atoms with van der Waals surface area (Å²) in [4.78, 5) is 36.5. The van der Waals surface area contributed by atoms with E-state index >= 15 is 0 Å². The third kappa shape index (κ3) is 5.08. The fourth-order valence-corrected chi connectivity index (χ4v) is 5.25. The SMILES string of the molecule is CC(C)[C@@H](NC(=O)CC1CCCC1NC(=O)OCC1c2ccccc2-c2ccccc21)C(=O)O. The Morgan fingerprint density at radius 2 is 1.62 bits per heavy atom. The van der Waals surface area contributed by atoms with Crippen molar-refractivity contribution >= 4 is 18.0 Å². The van der Waals surface area contributed by atoms with Gasteiger partial charge >= 0.3 is 12.1 Å². The van der Waals surface area contributed by atoms with Crippen LogP contribution in [-0.2, 0) is 14.3 Å². The summed E-state index contributed by atoms with van der Waals surface area (Å²) in [5.41, 5.74) is 4.67. The molecule has 0 saturated heterocycles. The van der Waals surface area contributed by atoms with Crippen LogP contribution in [0.25, 0.3) is 11.1 Å². The van der Waals surface area contributed by atoms with Gasteiger partial charge in [-0.25, -0.2) is 9.59 Å². The van der Waals surface area contributed by atoms with Crippen molar-refractivity contribution in [1.29, 1.82) is 0 Å². The maximum absolute atomic E-state index is 12.7. The summed E-state index contributed by atoms with van der Waals surface area (Å²) in [6.07, 6.45) is 2.18. The van der Waals surface area contributed by atoms with E-state index in [0.717, 1.165) is 30.4 Å². The Kier molecular flexibility index (Phi) is 7.20. The highest BCUT2D eigenvalue weighted by molar-refractivity contribution is 5.84. The minimum absolute atomic E-state index is 0.00714. The monoisotopic (exact) mass is 464 g/mol. The van der Waals surface area contributed by atoms with E-state index in [1.54, 1.807) is 13.8 Å². The number of fused-ring (bicyclic) bond motifs is 3. The number of carboxylic acids is 1. The van der Waals surface area contributed by atoms with Crippen molar-refractivity contribution in [2.24, 2.45) is 11.8 Å². The van der Waals surface area contributed by atoms with Crippen molar-refractivity contribution < 1.29 is 24.2 Å². The second-order valence-corrected chi connectivity index (χ2v) is 9.60. The van der Waals surface area contributed by atoms with Crippen LogP contribution in [0.15, 0.2) is 48.5 Å². The second kappa shape index (κ2) is 10.3. The number of rotatable bonds is 8. The standard InChI is InChI=1S/C27H32N2O5/c1-16(2)25(26(31)32)29-24(30)14-17-8-7-13-23(17)28-27(33)34-15-22-20-11-5-3-9-18(20)19-10-4-6-12-21(19)22/h3-6,9-12,16-17,22-23,25H,7-8,13-15H2,1-2H3,(H,28,33)(H,29,30)(H,31,32)/t17?,23?,25-/m1/s1. The number of carbonyl (C=O) groups excluding carboxylic acids is 2. The number of hydrogen-bond acceptors (Lipinski definition) is 4. The van der Waals surface area contributed by atoms with Gasteiger partial charge in [0.15, 0.2) is 0 Å². The maximum Gasteiger partial charge on any atom is 0.407 e. The van der Waals surface area contributed by atoms with Crippen LogP contribution in [0.3, 0.4) is 0 Å². The lowest BCUT2D eigenvalue weighted by atomic mass is 9.98. The Bertz CT molecular complexity index is 1020. The molecule has 0 aromatic heterocycles. The first-order valence-corrected chi connectivity index (χ1v) is 12.0. The van der Waals surface area contributed by atoms with Gasteiger partial charge in [0, 0.05) is 18.4 Å². The third-order valence-electron chi connectivity index (χ3n) is 7.00. The molecule has 34 heavy (non-hydrogen) atoms. The van der Waals surface area contributed by atoms with Crippen molar-refractivity contribution in [3.8, 4) is 11.1 Å². The highest BCUT2D eigenvalue weighted by Crippen LogP contribution is 2.44. The van der Waals surface area contributed by atoms with Crippen LogP contribution in [-0.4, -0.2) is 41.8 Å². The van der Waals surface area contributed by atoms with E-state index in [0.29, 0.717) is 0 Å². The van der Waals surface area contributed by atoms with E-state index in [1.165, 1.54) is 11.1 Å². The van der Waals surface area contributed by atoms with Gasteiger partial charge in [0.05, 0.1) is 0 Å². The molecular weight excluding hydrogens is 432 g/mol. The lowest BCUT2D eigenvalue weighted by Gasteiger charge is -2.23. The normalized spacial score (nSPS) is 19.9. The van der Waals surface area contributed by atoms with Gasteiger partial charge in [-0.15, -0.1) is 0 Å². The molecule has 0 aliphatic heterocycles. The summed E-state index contributed by atoms with van der Waals surface area (Å²) in [6, 6.07) is 15.3. The quantitative estimate of drug-likeness (QED) is 0.540. The van der Waals surface area contributed by atoms with Crippen LogP contribution in [0.5, 0.6) is 0 Å². The smallest absolute Gasteiger partial charge is 0.407 e. The van der Waals surface area contributed by atoms with E-state index in [4.69, 9.17) is 4.74 Å². The predicted octanol–water partition coefficient (Wildman–Crippen LogP) is 4.31. The topological polar surface area (TPSA) is 105 Å². The lowest BCUT2D eigenvalue weighted by molar-refractivity contribution is -0.143. The van der Waals surface area contributed by atoms with Gasteiger partial charge in [-0.2, -0.15) is 0 Å². The summed E-state index contributed by atoms with van der Waals surface area (Å²) in [6.45, 7) is 3.76. The van der Waals surface area contributed by atoms with Crippen LogP contribution < -0.4 is 10.6 Å². The molecule has 1 fully saturated rings. The molecule has 180 valence electrons. The highest BCUT2D eigenvalue weighted by Gasteiger charge is 2.33. The minimum atomic E-state index is -1.04. The first-order chi connectivity index (χ1) is 16.3. The fraction of sp³-hybridized carbons (Fsp3) is 0.444. The Labute approximate surface area is 199 Å². The van der Waals surface area contributed by atoms with Crippen LogP contribution in [0.1, 0.15) is 56.6 Å². The molecule has 2 unspecified atom stereocenters. The average molecular weight is 465 g/mol. The van der Waals surface area contributed by atoms with Gasteiger partial charge in [0.1, 0.15) is 12.6 Å². The number of carboxylic acid groups (broad SMARTS) is 1. The Balaban J connectivity index is 1.33. The first kappa shape index (κ1) is 23.8. The maximum atomic E-state index is 12.7. The zero-order valence-corrected chi connectivity index (χ0v) is 19.6. The highest BCUT2D eigenvalue weighted by atomic mass is 16.5. The molecule has 7 heteroatoms. The van der Waals surface area contributed by atoms with Crippen molar-refractivity contribution in [3.63, 3.8) is 0 Å². The van der Waals surface area contributed by atoms with Gasteiger partial charge in [0.25, 0.3) is 0 Å². The average Bonchev–Trinajstić information content (AvgIpc) is 3.37. The van der Waals surface area contributed by atoms with Gasteiger partial charge < -0.3 is 20.5 Å². The summed E-state index contributed by atoms with van der Waals surface area (Å²) >= 11 is 0. The zero-order chi connectivity index (χ0) is 24.2. The number of carbonyl (C=O) groups is 3. The Morgan fingerprint density at radius 1 is 1.00 bits per heavy atom. The summed E-state index contributed by atoms with van der Waals surface area (Å²) in [5, 5.41) is 14.9. The molecule has 0 bridgehead atoms. The van der Waals surface area contributed by atoms with Gasteiger partial charge in [0.2, 0.25) is 5.91 Å². The van der Waals surface area contributed by atoms with Crippen molar-refractivity contribution in [3.05, 3.63) is 59.7 Å². The molecular formula is C27H32N2O5. The van der Waals surface area contributed by atoms with Gasteiger partial charge in [-0.3, -0.25) is 4.79 Å². The lowest BCUT2D eigenvalue weighted by Crippen LogP contribution is -2.46. The molecule has 3 atom stereocenters. The van der Waals surface area contributed by atoms with E-state index in [-0.39, 0.29) is 42.7 Å². The van der Waals surface area contributed by atoms with Gasteiger partial charge in [-0.1, -0.05) is 68.8 Å². The largest absolute Gasteiger partial charge is 0.480 e. The number of nitrogens with one attached hydrogen (secondary N) is 2. The first-order valence-electron chi connectivity index (χ1n) is 12.0. The van der Waals surface area contributed by atoms with E-state index < -0.39 is 18.1 Å². The molecule has 1 saturated carbocycles. The molecule has 3 N–H and O–H groups in total. The minimum Gasteiger partial charge on any atom is -0.480 e. The van der Waals surface area contributed by atoms with Crippen LogP contribution >= 0.6 is 0 Å². The number of benzene rings is 2. The molecule has 4 rings (SSSR count). The van der Waals surface area contributed by atoms with E-state index in [1.807, 2.05) is 24.3 Å². The summed E-state index contributed by atoms with van der Waals surface area (Å²) < 4.78 is 5.65. The number of alkyl carbamates (subject to hydrolysis) is 1. The molecule has 2 aliphatic rings. The third-order valence-corrected chi connectivity index (χ3v) is 7.00. The number of ether oxygens (including phenoxy) is 1. The van der Waals surface area contributed by atoms with Crippen molar-refractivity contribution in [2.75, 3.05) is 6.61 Å². The Hall–Kier alpha value is -3.35. The van der Waals surface area contributed by atoms with E-state index in [9.17, 15) is 19.5 Å². The van der Waals surface area contributed by atoms with Crippen LogP contribution in [0.2, 0.25) is 0 Å². The second-order valence-electron chi connectivity index (χ2n) is 9.60. The van der Waals surface area contributed by atoms with Crippen LogP contribution in [0, 0.1) is 11.8 Å². The Morgan fingerprint density at radius 3 is 2.21 bits per heavy atom. The van der Waals surface area contributed by atoms with Crippen molar-refractivity contribution in [1.82, 2.24) is 10.6 Å². The summed E-state index contributed by atoms with van der Waals surface area (Å²) in [5.74, 6) is -1.59. The van der Waals surface area contributed by atoms with Gasteiger partial charge in [-0.05, 0) is 46.9 Å². The molecule has 0 radical (unpaired) electrons. The molecule has 0 heterocycles. The molecule has 2 aromatic carbocycles. The molecule has 0 spiro atoms. The molecule has 7 nitrogen and oxygen atoms in total. The van der Waals surface area contributed by atoms with Crippen LogP contribution in [0.4, 0.5) is 4.79 Å². The molecule has 2 aliphatic carbocycles. The summed E-state index contributed by atoms with van der Waals surface area (Å²) in [7, 11) is 0.